The molecule has 1 fully saturated rings. The summed E-state index contributed by atoms with van der Waals surface area (Å²) < 4.78 is 1.28. The second-order valence-electron chi connectivity index (χ2n) is 4.18. The molecule has 1 nitrogen and oxygen atoms in total. The monoisotopic (exact) mass is 264 g/mol. The van der Waals surface area contributed by atoms with Crippen molar-refractivity contribution in [3.05, 3.63) is 20.3 Å². The molecule has 0 radical (unpaired) electrons. The summed E-state index contributed by atoms with van der Waals surface area (Å²) in [5.41, 5.74) is 0.804. The zero-order valence-corrected chi connectivity index (χ0v) is 10.7. The van der Waals surface area contributed by atoms with Crippen LogP contribution in [0, 0.1) is 5.92 Å². The predicted molar refractivity (Wildman–Crippen MR) is 65.9 cm³/mol. The molecule has 1 heterocycles. The number of aliphatic hydroxyl groups excluding tert-OH is 1. The van der Waals surface area contributed by atoms with Crippen molar-refractivity contribution >= 4 is 34.5 Å². The van der Waals surface area contributed by atoms with Gasteiger partial charge in [0.2, 0.25) is 0 Å². The van der Waals surface area contributed by atoms with Crippen LogP contribution in [0.2, 0.25) is 8.67 Å². The predicted octanol–water partition coefficient (Wildman–Crippen LogP) is 4.67. The first-order valence-corrected chi connectivity index (χ1v) is 6.87. The highest BCUT2D eigenvalue weighted by Gasteiger charge is 2.22. The molecule has 1 aromatic rings. The fourth-order valence-electron chi connectivity index (χ4n) is 2.27. The fourth-order valence-corrected chi connectivity index (χ4v) is 3.84. The minimum Gasteiger partial charge on any atom is -0.388 e. The summed E-state index contributed by atoms with van der Waals surface area (Å²) in [7, 11) is 0. The van der Waals surface area contributed by atoms with Crippen LogP contribution in [0.1, 0.15) is 43.8 Å². The topological polar surface area (TPSA) is 20.2 Å². The van der Waals surface area contributed by atoms with Crippen LogP contribution in [0.3, 0.4) is 0 Å². The number of hydrogen-bond acceptors (Lipinski definition) is 2. The highest BCUT2D eigenvalue weighted by Crippen LogP contribution is 2.39. The van der Waals surface area contributed by atoms with Gasteiger partial charge in [0.05, 0.1) is 10.4 Å². The van der Waals surface area contributed by atoms with E-state index in [1.807, 2.05) is 0 Å². The molecule has 0 amide bonds. The maximum atomic E-state index is 10.0. The van der Waals surface area contributed by atoms with E-state index in [0.717, 1.165) is 12.0 Å². The molecule has 1 aliphatic carbocycles. The van der Waals surface area contributed by atoms with Crippen LogP contribution in [0.25, 0.3) is 0 Å². The fraction of sp³-hybridized carbons (Fsp3) is 0.636. The molecule has 1 unspecified atom stereocenters. The Kier molecular flexibility index (Phi) is 3.94. The molecule has 1 aromatic heterocycles. The summed E-state index contributed by atoms with van der Waals surface area (Å²) in [6.45, 7) is 0. The van der Waals surface area contributed by atoms with E-state index >= 15 is 0 Å². The maximum Gasteiger partial charge on any atom is 0.100 e. The van der Waals surface area contributed by atoms with Crippen LogP contribution in [0.5, 0.6) is 0 Å². The molecule has 0 saturated heterocycles. The molecule has 84 valence electrons. The SMILES string of the molecule is OC(CC1CCCC1)c1cc(Cl)sc1Cl. The molecular weight excluding hydrogens is 251 g/mol. The number of hydrogen-bond donors (Lipinski definition) is 1. The molecule has 0 bridgehead atoms. The first-order valence-electron chi connectivity index (χ1n) is 5.29. The van der Waals surface area contributed by atoms with E-state index in [-0.39, 0.29) is 0 Å². The van der Waals surface area contributed by atoms with Gasteiger partial charge in [-0.2, -0.15) is 0 Å². The van der Waals surface area contributed by atoms with Gasteiger partial charge in [-0.05, 0) is 18.4 Å². The van der Waals surface area contributed by atoms with E-state index in [0.29, 0.717) is 14.6 Å². The van der Waals surface area contributed by atoms with Crippen molar-refractivity contribution in [3.63, 3.8) is 0 Å². The van der Waals surface area contributed by atoms with Crippen molar-refractivity contribution in [1.82, 2.24) is 0 Å². The Morgan fingerprint density at radius 3 is 2.60 bits per heavy atom. The number of aliphatic hydroxyl groups is 1. The summed E-state index contributed by atoms with van der Waals surface area (Å²) >= 11 is 13.2. The minimum atomic E-state index is -0.440. The van der Waals surface area contributed by atoms with Crippen LogP contribution in [-0.2, 0) is 0 Å². The highest BCUT2D eigenvalue weighted by molar-refractivity contribution is 7.20. The average molecular weight is 265 g/mol. The molecule has 1 N–H and O–H groups in total. The maximum absolute atomic E-state index is 10.0. The van der Waals surface area contributed by atoms with Crippen molar-refractivity contribution in [1.29, 1.82) is 0 Å². The standard InChI is InChI=1S/C11H14Cl2OS/c12-10-6-8(11(13)15-10)9(14)5-7-3-1-2-4-7/h6-7,9,14H,1-5H2. The molecule has 0 spiro atoms. The van der Waals surface area contributed by atoms with Gasteiger partial charge in [0.25, 0.3) is 0 Å². The van der Waals surface area contributed by atoms with E-state index in [1.165, 1.54) is 37.0 Å². The zero-order valence-electron chi connectivity index (χ0n) is 8.38. The normalized spacial score (nSPS) is 19.7. The van der Waals surface area contributed by atoms with Crippen molar-refractivity contribution in [2.24, 2.45) is 5.92 Å². The first-order chi connectivity index (χ1) is 7.16. The molecule has 0 aliphatic heterocycles. The summed E-state index contributed by atoms with van der Waals surface area (Å²) in [4.78, 5) is 0. The average Bonchev–Trinajstić information content (AvgIpc) is 2.75. The van der Waals surface area contributed by atoms with Crippen LogP contribution in [0.15, 0.2) is 6.07 Å². The molecule has 1 saturated carbocycles. The number of thiophene rings is 1. The van der Waals surface area contributed by atoms with E-state index in [1.54, 1.807) is 6.07 Å². The summed E-state index contributed by atoms with van der Waals surface area (Å²) in [5.74, 6) is 0.662. The number of halogens is 2. The van der Waals surface area contributed by atoms with Gasteiger partial charge in [0.1, 0.15) is 4.34 Å². The number of rotatable bonds is 3. The quantitative estimate of drug-likeness (QED) is 0.842. The van der Waals surface area contributed by atoms with Gasteiger partial charge in [0.15, 0.2) is 0 Å². The van der Waals surface area contributed by atoms with Gasteiger partial charge in [0, 0.05) is 5.56 Å². The van der Waals surface area contributed by atoms with Crippen molar-refractivity contribution in [3.8, 4) is 0 Å². The third-order valence-corrected chi connectivity index (χ3v) is 4.59. The van der Waals surface area contributed by atoms with Gasteiger partial charge in [-0.25, -0.2) is 0 Å². The Balaban J connectivity index is 2.00. The molecule has 1 aliphatic rings. The molecule has 1 atom stereocenters. The Bertz CT molecular complexity index is 331. The van der Waals surface area contributed by atoms with E-state index < -0.39 is 6.10 Å². The molecule has 4 heteroatoms. The first kappa shape index (κ1) is 11.7. The Labute approximate surface area is 104 Å². The van der Waals surface area contributed by atoms with Gasteiger partial charge in [-0.3, -0.25) is 0 Å². The van der Waals surface area contributed by atoms with Crippen LogP contribution >= 0.6 is 34.5 Å². The van der Waals surface area contributed by atoms with Gasteiger partial charge < -0.3 is 5.11 Å². The Morgan fingerprint density at radius 1 is 1.40 bits per heavy atom. The van der Waals surface area contributed by atoms with Crippen molar-refractivity contribution in [2.45, 2.75) is 38.2 Å². The zero-order chi connectivity index (χ0) is 10.8. The summed E-state index contributed by atoms with van der Waals surface area (Å²) in [5, 5.41) is 10.0. The third kappa shape index (κ3) is 2.88. The highest BCUT2D eigenvalue weighted by atomic mass is 35.5. The van der Waals surface area contributed by atoms with Gasteiger partial charge in [-0.15, -0.1) is 11.3 Å². The summed E-state index contributed by atoms with van der Waals surface area (Å²) in [6, 6.07) is 1.79. The molecule has 2 rings (SSSR count). The molecular formula is C11H14Cl2OS. The lowest BCUT2D eigenvalue weighted by molar-refractivity contribution is 0.145. The van der Waals surface area contributed by atoms with Crippen LogP contribution in [-0.4, -0.2) is 5.11 Å². The molecule has 0 aromatic carbocycles. The minimum absolute atomic E-state index is 0.440. The van der Waals surface area contributed by atoms with Crippen LogP contribution < -0.4 is 0 Å². The van der Waals surface area contributed by atoms with Crippen molar-refractivity contribution < 1.29 is 5.11 Å². The Hall–Kier alpha value is 0.240. The van der Waals surface area contributed by atoms with Crippen LogP contribution in [0.4, 0.5) is 0 Å². The third-order valence-electron chi connectivity index (χ3n) is 3.07. The lowest BCUT2D eigenvalue weighted by Gasteiger charge is -2.14. The summed E-state index contributed by atoms with van der Waals surface area (Å²) in [6.07, 6.45) is 5.47. The van der Waals surface area contributed by atoms with Gasteiger partial charge >= 0.3 is 0 Å². The molecule has 15 heavy (non-hydrogen) atoms. The second kappa shape index (κ2) is 5.05. The second-order valence-corrected chi connectivity index (χ2v) is 6.47. The smallest absolute Gasteiger partial charge is 0.100 e. The van der Waals surface area contributed by atoms with Crippen molar-refractivity contribution in [2.75, 3.05) is 0 Å². The van der Waals surface area contributed by atoms with E-state index in [2.05, 4.69) is 0 Å². The van der Waals surface area contributed by atoms with E-state index in [9.17, 15) is 5.11 Å². The Morgan fingerprint density at radius 2 is 2.07 bits per heavy atom. The largest absolute Gasteiger partial charge is 0.388 e. The lowest BCUT2D eigenvalue weighted by Crippen LogP contribution is -2.03. The van der Waals surface area contributed by atoms with Gasteiger partial charge in [-0.1, -0.05) is 48.9 Å². The lowest BCUT2D eigenvalue weighted by atomic mass is 9.97. The van der Waals surface area contributed by atoms with E-state index in [4.69, 9.17) is 23.2 Å².